The summed E-state index contributed by atoms with van der Waals surface area (Å²) in [5.74, 6) is 0.521. The molecule has 0 fully saturated rings. The molecule has 4 heteroatoms. The number of aliphatic hydroxyl groups excluding tert-OH is 1. The van der Waals surface area contributed by atoms with Crippen molar-refractivity contribution in [1.82, 2.24) is 4.98 Å². The number of halogens is 1. The van der Waals surface area contributed by atoms with Crippen molar-refractivity contribution in [3.63, 3.8) is 0 Å². The third kappa shape index (κ3) is 3.19. The van der Waals surface area contributed by atoms with Crippen LogP contribution in [0.15, 0.2) is 42.5 Å². The Labute approximate surface area is 105 Å². The number of nitrogens with zero attached hydrogens (tertiary/aromatic N) is 1. The van der Waals surface area contributed by atoms with Crippen molar-refractivity contribution < 1.29 is 9.84 Å². The number of hydrogen-bond acceptors (Lipinski definition) is 3. The van der Waals surface area contributed by atoms with Crippen molar-refractivity contribution >= 4 is 11.6 Å². The van der Waals surface area contributed by atoms with Gasteiger partial charge in [-0.25, -0.2) is 4.98 Å². The smallest absolute Gasteiger partial charge is 0.171 e. The molecule has 0 aliphatic carbocycles. The SMILES string of the molecule is OCc1ccc(OCc2ccccc2)c(Cl)n1. The van der Waals surface area contributed by atoms with Crippen molar-refractivity contribution in [3.05, 3.63) is 58.9 Å². The Hall–Kier alpha value is -1.58. The molecule has 1 aromatic heterocycles. The molecule has 0 bridgehead atoms. The third-order valence-electron chi connectivity index (χ3n) is 2.27. The first kappa shape index (κ1) is 11.9. The van der Waals surface area contributed by atoms with Gasteiger partial charge < -0.3 is 9.84 Å². The maximum atomic E-state index is 8.90. The van der Waals surface area contributed by atoms with Crippen LogP contribution < -0.4 is 4.74 Å². The maximum Gasteiger partial charge on any atom is 0.171 e. The second-order valence-electron chi connectivity index (χ2n) is 3.52. The van der Waals surface area contributed by atoms with E-state index >= 15 is 0 Å². The van der Waals surface area contributed by atoms with Crippen molar-refractivity contribution in [2.75, 3.05) is 0 Å². The first-order chi connectivity index (χ1) is 8.29. The molecule has 2 rings (SSSR count). The fourth-order valence-electron chi connectivity index (χ4n) is 1.39. The van der Waals surface area contributed by atoms with E-state index in [9.17, 15) is 0 Å². The summed E-state index contributed by atoms with van der Waals surface area (Å²) in [7, 11) is 0. The second kappa shape index (κ2) is 5.66. The van der Waals surface area contributed by atoms with Gasteiger partial charge in [-0.1, -0.05) is 41.9 Å². The topological polar surface area (TPSA) is 42.4 Å². The molecule has 0 amide bonds. The van der Waals surface area contributed by atoms with Crippen molar-refractivity contribution in [2.24, 2.45) is 0 Å². The highest BCUT2D eigenvalue weighted by Crippen LogP contribution is 2.23. The Morgan fingerprint density at radius 1 is 1.12 bits per heavy atom. The van der Waals surface area contributed by atoms with E-state index in [1.807, 2.05) is 30.3 Å². The lowest BCUT2D eigenvalue weighted by molar-refractivity contribution is 0.275. The summed E-state index contributed by atoms with van der Waals surface area (Å²) in [4.78, 5) is 3.99. The molecule has 0 aliphatic heterocycles. The highest BCUT2D eigenvalue weighted by Gasteiger charge is 2.04. The van der Waals surface area contributed by atoms with Crippen LogP contribution in [-0.4, -0.2) is 10.1 Å². The van der Waals surface area contributed by atoms with Crippen LogP contribution in [-0.2, 0) is 13.2 Å². The van der Waals surface area contributed by atoms with Gasteiger partial charge in [0.15, 0.2) is 10.9 Å². The lowest BCUT2D eigenvalue weighted by atomic mass is 10.2. The molecule has 3 nitrogen and oxygen atoms in total. The largest absolute Gasteiger partial charge is 0.486 e. The average Bonchev–Trinajstić information content (AvgIpc) is 2.38. The van der Waals surface area contributed by atoms with Crippen LogP contribution in [0.1, 0.15) is 11.3 Å². The van der Waals surface area contributed by atoms with Crippen LogP contribution in [0.25, 0.3) is 0 Å². The first-order valence-electron chi connectivity index (χ1n) is 5.22. The van der Waals surface area contributed by atoms with Crippen LogP contribution >= 0.6 is 11.6 Å². The number of aliphatic hydroxyl groups is 1. The summed E-state index contributed by atoms with van der Waals surface area (Å²) in [6, 6.07) is 13.2. The second-order valence-corrected chi connectivity index (χ2v) is 3.88. The predicted octanol–water partition coefficient (Wildman–Crippen LogP) is 2.81. The molecule has 1 aromatic carbocycles. The fourth-order valence-corrected chi connectivity index (χ4v) is 1.62. The van der Waals surface area contributed by atoms with Crippen LogP contribution in [0.4, 0.5) is 0 Å². The van der Waals surface area contributed by atoms with E-state index in [4.69, 9.17) is 21.4 Å². The number of rotatable bonds is 4. The monoisotopic (exact) mass is 249 g/mol. The predicted molar refractivity (Wildman–Crippen MR) is 65.9 cm³/mol. The van der Waals surface area contributed by atoms with E-state index in [-0.39, 0.29) is 11.8 Å². The zero-order valence-corrected chi connectivity index (χ0v) is 9.89. The minimum Gasteiger partial charge on any atom is -0.486 e. The summed E-state index contributed by atoms with van der Waals surface area (Å²) in [6.07, 6.45) is 0. The van der Waals surface area contributed by atoms with Gasteiger partial charge in [0.25, 0.3) is 0 Å². The van der Waals surface area contributed by atoms with Gasteiger partial charge in [0.2, 0.25) is 0 Å². The third-order valence-corrected chi connectivity index (χ3v) is 2.54. The molecular formula is C13H12ClNO2. The molecule has 88 valence electrons. The fraction of sp³-hybridized carbons (Fsp3) is 0.154. The Kier molecular flexibility index (Phi) is 3.96. The Balaban J connectivity index is 2.04. The van der Waals surface area contributed by atoms with Crippen LogP contribution in [0, 0.1) is 0 Å². The summed E-state index contributed by atoms with van der Waals surface area (Å²) >= 11 is 5.93. The molecule has 0 aliphatic rings. The number of ether oxygens (including phenoxy) is 1. The molecule has 0 unspecified atom stereocenters. The van der Waals surface area contributed by atoms with E-state index in [0.717, 1.165) is 5.56 Å². The summed E-state index contributed by atoms with van der Waals surface area (Å²) < 4.78 is 5.55. The van der Waals surface area contributed by atoms with Gasteiger partial charge in [-0.15, -0.1) is 0 Å². The normalized spacial score (nSPS) is 10.2. The van der Waals surface area contributed by atoms with Crippen LogP contribution in [0.5, 0.6) is 5.75 Å². The Bertz CT molecular complexity index is 488. The van der Waals surface area contributed by atoms with E-state index < -0.39 is 0 Å². The highest BCUT2D eigenvalue weighted by molar-refractivity contribution is 6.30. The zero-order chi connectivity index (χ0) is 12.1. The molecule has 1 N–H and O–H groups in total. The number of pyridine rings is 1. The van der Waals surface area contributed by atoms with Gasteiger partial charge in [0.1, 0.15) is 6.61 Å². The van der Waals surface area contributed by atoms with Crippen molar-refractivity contribution in [1.29, 1.82) is 0 Å². The molecule has 0 saturated carbocycles. The standard InChI is InChI=1S/C13H12ClNO2/c14-13-12(7-6-11(8-16)15-13)17-9-10-4-2-1-3-5-10/h1-7,16H,8-9H2. The summed E-state index contributed by atoms with van der Waals surface area (Å²) in [5.41, 5.74) is 1.59. The lowest BCUT2D eigenvalue weighted by Gasteiger charge is -2.08. The van der Waals surface area contributed by atoms with Gasteiger partial charge in [0, 0.05) is 0 Å². The molecule has 0 atom stereocenters. The highest BCUT2D eigenvalue weighted by atomic mass is 35.5. The maximum absolute atomic E-state index is 8.90. The van der Waals surface area contributed by atoms with Crippen LogP contribution in [0.2, 0.25) is 5.15 Å². The molecule has 0 saturated heterocycles. The molecule has 0 spiro atoms. The quantitative estimate of drug-likeness (QED) is 0.848. The molecule has 17 heavy (non-hydrogen) atoms. The number of benzene rings is 1. The Morgan fingerprint density at radius 2 is 1.88 bits per heavy atom. The van der Waals surface area contributed by atoms with Gasteiger partial charge >= 0.3 is 0 Å². The first-order valence-corrected chi connectivity index (χ1v) is 5.60. The van der Waals surface area contributed by atoms with Gasteiger partial charge in [0.05, 0.1) is 12.3 Å². The minimum atomic E-state index is -0.126. The van der Waals surface area contributed by atoms with E-state index in [1.165, 1.54) is 0 Å². The summed E-state index contributed by atoms with van der Waals surface area (Å²) in [5, 5.41) is 9.17. The zero-order valence-electron chi connectivity index (χ0n) is 9.14. The van der Waals surface area contributed by atoms with Crippen molar-refractivity contribution in [3.8, 4) is 5.75 Å². The molecule has 2 aromatic rings. The lowest BCUT2D eigenvalue weighted by Crippen LogP contribution is -1.98. The van der Waals surface area contributed by atoms with Gasteiger partial charge in [-0.3, -0.25) is 0 Å². The van der Waals surface area contributed by atoms with Crippen LogP contribution in [0.3, 0.4) is 0 Å². The Morgan fingerprint density at radius 3 is 2.53 bits per heavy atom. The van der Waals surface area contributed by atoms with E-state index in [0.29, 0.717) is 18.1 Å². The van der Waals surface area contributed by atoms with Gasteiger partial charge in [-0.05, 0) is 17.7 Å². The van der Waals surface area contributed by atoms with Crippen molar-refractivity contribution in [2.45, 2.75) is 13.2 Å². The molecular weight excluding hydrogens is 238 g/mol. The van der Waals surface area contributed by atoms with E-state index in [1.54, 1.807) is 12.1 Å². The summed E-state index contributed by atoms with van der Waals surface area (Å²) in [6.45, 7) is 0.319. The van der Waals surface area contributed by atoms with E-state index in [2.05, 4.69) is 4.98 Å². The molecule has 1 heterocycles. The number of aromatic nitrogens is 1. The molecule has 0 radical (unpaired) electrons. The average molecular weight is 250 g/mol. The van der Waals surface area contributed by atoms with Gasteiger partial charge in [-0.2, -0.15) is 0 Å². The number of hydrogen-bond donors (Lipinski definition) is 1. The minimum absolute atomic E-state index is 0.126.